The van der Waals surface area contributed by atoms with Crippen LogP contribution in [0, 0.1) is 13.8 Å². The minimum absolute atomic E-state index is 0.0337. The molecule has 0 fully saturated rings. The fourth-order valence-corrected chi connectivity index (χ4v) is 4.22. The molecule has 0 bridgehead atoms. The Hall–Kier alpha value is -3.38. The highest BCUT2D eigenvalue weighted by Gasteiger charge is 2.20. The summed E-state index contributed by atoms with van der Waals surface area (Å²) in [6, 6.07) is 17.4. The minimum atomic E-state index is -0.0337. The molecule has 2 heterocycles. The van der Waals surface area contributed by atoms with Crippen LogP contribution in [0.15, 0.2) is 54.6 Å². The number of ether oxygens (including phenoxy) is 1. The van der Waals surface area contributed by atoms with Gasteiger partial charge in [-0.1, -0.05) is 41.9 Å². The van der Waals surface area contributed by atoms with Crippen LogP contribution in [-0.2, 0) is 17.8 Å². The Balaban J connectivity index is 1.59. The highest BCUT2D eigenvalue weighted by atomic mass is 35.5. The first kappa shape index (κ1) is 22.8. The molecule has 0 aliphatic heterocycles. The predicted octanol–water partition coefficient (Wildman–Crippen LogP) is 5.34. The summed E-state index contributed by atoms with van der Waals surface area (Å²) in [6.07, 6.45) is 0.863. The molecule has 0 saturated heterocycles. The zero-order valence-electron chi connectivity index (χ0n) is 19.1. The van der Waals surface area contributed by atoms with Crippen molar-refractivity contribution in [1.82, 2.24) is 20.1 Å². The van der Waals surface area contributed by atoms with E-state index in [2.05, 4.69) is 12.2 Å². The quantitative estimate of drug-likeness (QED) is 0.384. The Bertz CT molecular complexity index is 1280. The molecule has 7 heteroatoms. The Morgan fingerprint density at radius 3 is 2.64 bits per heavy atom. The van der Waals surface area contributed by atoms with Crippen molar-refractivity contribution in [3.63, 3.8) is 0 Å². The number of halogens is 1. The number of carbonyl (C=O) groups is 1. The van der Waals surface area contributed by atoms with Gasteiger partial charge < -0.3 is 10.1 Å². The van der Waals surface area contributed by atoms with Gasteiger partial charge in [-0.3, -0.25) is 4.79 Å². The number of aromatic nitrogens is 3. The van der Waals surface area contributed by atoms with Crippen molar-refractivity contribution in [1.29, 1.82) is 0 Å². The van der Waals surface area contributed by atoms with Crippen molar-refractivity contribution in [2.75, 3.05) is 6.61 Å². The highest BCUT2D eigenvalue weighted by Crippen LogP contribution is 2.32. The lowest BCUT2D eigenvalue weighted by atomic mass is 10.0. The van der Waals surface area contributed by atoms with Gasteiger partial charge in [0.15, 0.2) is 5.65 Å². The van der Waals surface area contributed by atoms with E-state index in [9.17, 15) is 4.79 Å². The summed E-state index contributed by atoms with van der Waals surface area (Å²) in [6.45, 7) is 6.90. The molecular weight excluding hydrogens is 436 g/mol. The van der Waals surface area contributed by atoms with Gasteiger partial charge in [-0.15, -0.1) is 0 Å². The van der Waals surface area contributed by atoms with Gasteiger partial charge in [0.05, 0.1) is 18.0 Å². The molecule has 0 aliphatic rings. The van der Waals surface area contributed by atoms with Crippen LogP contribution in [0.25, 0.3) is 16.7 Å². The lowest BCUT2D eigenvalue weighted by Gasteiger charge is -2.14. The van der Waals surface area contributed by atoms with Gasteiger partial charge in [-0.2, -0.15) is 10.1 Å². The van der Waals surface area contributed by atoms with Crippen LogP contribution < -0.4 is 10.1 Å². The maximum absolute atomic E-state index is 12.6. The van der Waals surface area contributed by atoms with E-state index >= 15 is 0 Å². The van der Waals surface area contributed by atoms with E-state index in [0.29, 0.717) is 36.9 Å². The number of nitrogens with zero attached hydrogens (tertiary/aromatic N) is 3. The fraction of sp³-hybridized carbons (Fsp3) is 0.269. The van der Waals surface area contributed by atoms with E-state index < -0.39 is 0 Å². The normalized spacial score (nSPS) is 11.0. The smallest absolute Gasteiger partial charge is 0.220 e. The summed E-state index contributed by atoms with van der Waals surface area (Å²) in [4.78, 5) is 17.4. The number of nitrogens with one attached hydrogen (secondary N) is 1. The van der Waals surface area contributed by atoms with E-state index in [-0.39, 0.29) is 5.91 Å². The Morgan fingerprint density at radius 1 is 1.12 bits per heavy atom. The maximum atomic E-state index is 12.6. The lowest BCUT2D eigenvalue weighted by Crippen LogP contribution is -2.23. The van der Waals surface area contributed by atoms with E-state index in [4.69, 9.17) is 26.4 Å². The molecule has 0 atom stereocenters. The van der Waals surface area contributed by atoms with Crippen molar-refractivity contribution in [2.45, 2.75) is 40.2 Å². The van der Waals surface area contributed by atoms with Crippen molar-refractivity contribution < 1.29 is 9.53 Å². The van der Waals surface area contributed by atoms with E-state index in [0.717, 1.165) is 39.1 Å². The topological polar surface area (TPSA) is 69.0 Å². The molecular formula is C26H27ClN4O2. The van der Waals surface area contributed by atoms with Gasteiger partial charge in [0.1, 0.15) is 0 Å². The highest BCUT2D eigenvalue weighted by molar-refractivity contribution is 6.30. The second kappa shape index (κ2) is 10.0. The first-order chi connectivity index (χ1) is 16.0. The molecule has 0 spiro atoms. The van der Waals surface area contributed by atoms with Crippen LogP contribution in [0.5, 0.6) is 5.88 Å². The van der Waals surface area contributed by atoms with Crippen LogP contribution in [0.1, 0.15) is 35.7 Å². The van der Waals surface area contributed by atoms with Gasteiger partial charge in [0.2, 0.25) is 11.8 Å². The number of pyridine rings is 1. The number of benzene rings is 2. The van der Waals surface area contributed by atoms with Crippen molar-refractivity contribution in [2.24, 2.45) is 0 Å². The molecule has 1 amide bonds. The van der Waals surface area contributed by atoms with Crippen molar-refractivity contribution in [3.8, 4) is 11.6 Å². The third-order valence-electron chi connectivity index (χ3n) is 5.59. The number of hydrogen-bond acceptors (Lipinski definition) is 4. The second-order valence-electron chi connectivity index (χ2n) is 7.89. The van der Waals surface area contributed by atoms with E-state index in [1.807, 2.05) is 73.1 Å². The predicted molar refractivity (Wildman–Crippen MR) is 131 cm³/mol. The molecule has 0 saturated carbocycles. The maximum Gasteiger partial charge on any atom is 0.220 e. The zero-order chi connectivity index (χ0) is 23.4. The van der Waals surface area contributed by atoms with Gasteiger partial charge >= 0.3 is 0 Å². The van der Waals surface area contributed by atoms with Crippen molar-refractivity contribution in [3.05, 3.63) is 82.0 Å². The van der Waals surface area contributed by atoms with E-state index in [1.165, 1.54) is 0 Å². The molecule has 170 valence electrons. The van der Waals surface area contributed by atoms with Crippen LogP contribution in [0.2, 0.25) is 5.02 Å². The molecule has 6 nitrogen and oxygen atoms in total. The summed E-state index contributed by atoms with van der Waals surface area (Å²) in [5.74, 6) is 0.524. The summed E-state index contributed by atoms with van der Waals surface area (Å²) in [5.41, 5.74) is 5.55. The van der Waals surface area contributed by atoms with E-state index in [1.54, 1.807) is 0 Å². The van der Waals surface area contributed by atoms with Crippen LogP contribution in [0.4, 0.5) is 0 Å². The standard InChI is InChI=1S/C26H27ClN4O2/c1-4-33-26-22(13-14-23(32)28-16-19-9-8-10-20(27)15-19)17(2)24-18(3)30-31(25(24)29-26)21-11-6-5-7-12-21/h5-12,15H,4,13-14,16H2,1-3H3,(H,28,32). The Labute approximate surface area is 198 Å². The third-order valence-corrected chi connectivity index (χ3v) is 5.83. The first-order valence-electron chi connectivity index (χ1n) is 11.1. The molecule has 33 heavy (non-hydrogen) atoms. The number of amides is 1. The third kappa shape index (κ3) is 5.01. The van der Waals surface area contributed by atoms with Crippen LogP contribution in [0.3, 0.4) is 0 Å². The van der Waals surface area contributed by atoms with Crippen molar-refractivity contribution >= 4 is 28.5 Å². The minimum Gasteiger partial charge on any atom is -0.478 e. The molecule has 0 aliphatic carbocycles. The number of hydrogen-bond donors (Lipinski definition) is 1. The second-order valence-corrected chi connectivity index (χ2v) is 8.33. The molecule has 2 aromatic heterocycles. The largest absolute Gasteiger partial charge is 0.478 e. The summed E-state index contributed by atoms with van der Waals surface area (Å²) >= 11 is 6.03. The number of carbonyl (C=O) groups excluding carboxylic acids is 1. The Morgan fingerprint density at radius 2 is 1.91 bits per heavy atom. The molecule has 2 aromatic carbocycles. The van der Waals surface area contributed by atoms with Crippen LogP contribution >= 0.6 is 11.6 Å². The molecule has 0 unspecified atom stereocenters. The number of rotatable bonds is 8. The van der Waals surface area contributed by atoms with Gasteiger partial charge in [-0.05, 0) is 62.6 Å². The van der Waals surface area contributed by atoms with Gasteiger partial charge in [-0.25, -0.2) is 4.68 Å². The zero-order valence-corrected chi connectivity index (χ0v) is 19.8. The van der Waals surface area contributed by atoms with Crippen LogP contribution in [-0.4, -0.2) is 27.3 Å². The molecule has 0 radical (unpaired) electrons. The number of para-hydroxylation sites is 1. The summed E-state index contributed by atoms with van der Waals surface area (Å²) in [7, 11) is 0. The van der Waals surface area contributed by atoms with Gasteiger partial charge in [0.25, 0.3) is 0 Å². The van der Waals surface area contributed by atoms with Gasteiger partial charge in [0, 0.05) is 28.9 Å². The average Bonchev–Trinajstić information content (AvgIpc) is 3.14. The summed E-state index contributed by atoms with van der Waals surface area (Å²) < 4.78 is 7.75. The molecule has 4 aromatic rings. The SMILES string of the molecule is CCOc1nc2c(c(C)nn2-c2ccccc2)c(C)c1CCC(=O)NCc1cccc(Cl)c1. The monoisotopic (exact) mass is 462 g/mol. The Kier molecular flexibility index (Phi) is 6.94. The fourth-order valence-electron chi connectivity index (χ4n) is 4.01. The average molecular weight is 463 g/mol. The molecule has 1 N–H and O–H groups in total. The lowest BCUT2D eigenvalue weighted by molar-refractivity contribution is -0.121. The number of aryl methyl sites for hydroxylation is 2. The summed E-state index contributed by atoms with van der Waals surface area (Å²) in [5, 5.41) is 9.36. The number of fused-ring (bicyclic) bond motifs is 1. The molecule has 4 rings (SSSR count). The first-order valence-corrected chi connectivity index (χ1v) is 11.4.